The second kappa shape index (κ2) is 8.03. The largest absolute Gasteiger partial charge is 0.352 e. The average molecular weight is 481 g/mol. The topological polar surface area (TPSA) is 91.2 Å². The summed E-state index contributed by atoms with van der Waals surface area (Å²) in [5.41, 5.74) is 4.88. The van der Waals surface area contributed by atoms with Crippen LogP contribution in [0.1, 0.15) is 22.3 Å². The summed E-state index contributed by atoms with van der Waals surface area (Å²) >= 11 is 0. The van der Waals surface area contributed by atoms with E-state index >= 15 is 0 Å². The molecule has 1 amide bonds. The van der Waals surface area contributed by atoms with Crippen LogP contribution in [0.5, 0.6) is 0 Å². The van der Waals surface area contributed by atoms with Crippen molar-refractivity contribution in [3.05, 3.63) is 60.0 Å². The van der Waals surface area contributed by atoms with Crippen molar-refractivity contribution < 1.29 is 4.79 Å². The lowest BCUT2D eigenvalue weighted by Crippen LogP contribution is -2.35. The number of carbonyl (C=O) groups excluding carboxylic acids is 1. The van der Waals surface area contributed by atoms with Gasteiger partial charge in [0, 0.05) is 68.2 Å². The number of likely N-dealkylation sites (tertiary alicyclic amines) is 1. The van der Waals surface area contributed by atoms with Gasteiger partial charge in [-0.3, -0.25) is 9.78 Å². The van der Waals surface area contributed by atoms with Gasteiger partial charge in [-0.1, -0.05) is 6.07 Å². The third-order valence-electron chi connectivity index (χ3n) is 7.88. The van der Waals surface area contributed by atoms with E-state index in [-0.39, 0.29) is 5.91 Å². The first-order chi connectivity index (χ1) is 17.6. The summed E-state index contributed by atoms with van der Waals surface area (Å²) < 4.78 is 1.99. The Morgan fingerprint density at radius 1 is 1.11 bits per heavy atom. The molecule has 36 heavy (non-hydrogen) atoms. The number of carbonyl (C=O) groups is 1. The van der Waals surface area contributed by atoms with E-state index in [0.717, 1.165) is 53.3 Å². The second-order valence-electron chi connectivity index (χ2n) is 10.1. The van der Waals surface area contributed by atoms with Crippen LogP contribution in [0.25, 0.3) is 22.3 Å². The molecular weight excluding hydrogens is 452 g/mol. The van der Waals surface area contributed by atoms with Gasteiger partial charge in [-0.15, -0.1) is 0 Å². The van der Waals surface area contributed by atoms with E-state index < -0.39 is 0 Å². The van der Waals surface area contributed by atoms with Crippen LogP contribution in [0.4, 0.5) is 17.3 Å². The molecule has 9 heteroatoms. The van der Waals surface area contributed by atoms with Gasteiger partial charge >= 0.3 is 0 Å². The van der Waals surface area contributed by atoms with Crippen molar-refractivity contribution in [1.29, 1.82) is 0 Å². The van der Waals surface area contributed by atoms with E-state index in [1.807, 2.05) is 42.1 Å². The number of nitrogens with zero attached hydrogens (tertiary/aromatic N) is 6. The summed E-state index contributed by atoms with van der Waals surface area (Å²) in [4.78, 5) is 32.0. The highest BCUT2D eigenvalue weighted by molar-refractivity contribution is 6.06. The van der Waals surface area contributed by atoms with Crippen molar-refractivity contribution in [3.8, 4) is 11.3 Å². The van der Waals surface area contributed by atoms with Crippen LogP contribution in [-0.4, -0.2) is 63.0 Å². The number of likely N-dealkylation sites (N-methyl/N-ethyl adjacent to an activating group) is 1. The molecule has 0 bridgehead atoms. The quantitative estimate of drug-likeness (QED) is 0.464. The van der Waals surface area contributed by atoms with Gasteiger partial charge in [0.2, 0.25) is 0 Å². The molecule has 0 saturated carbocycles. The third kappa shape index (κ3) is 3.26. The minimum absolute atomic E-state index is 0.0953. The molecule has 0 unspecified atom stereocenters. The van der Waals surface area contributed by atoms with Gasteiger partial charge in [0.1, 0.15) is 17.3 Å². The number of aryl methyl sites for hydroxylation is 1. The van der Waals surface area contributed by atoms with Crippen LogP contribution in [0.2, 0.25) is 0 Å². The molecule has 4 aromatic rings. The molecule has 0 aliphatic carbocycles. The summed E-state index contributed by atoms with van der Waals surface area (Å²) in [6.07, 6.45) is 6.74. The van der Waals surface area contributed by atoms with Crippen molar-refractivity contribution in [2.24, 2.45) is 13.0 Å². The van der Waals surface area contributed by atoms with E-state index in [0.29, 0.717) is 35.6 Å². The lowest BCUT2D eigenvalue weighted by molar-refractivity contribution is 0.0966. The molecule has 2 fully saturated rings. The predicted molar refractivity (Wildman–Crippen MR) is 139 cm³/mol. The van der Waals surface area contributed by atoms with Crippen molar-refractivity contribution in [2.75, 3.05) is 36.9 Å². The summed E-state index contributed by atoms with van der Waals surface area (Å²) in [6.45, 7) is 3.71. The zero-order chi connectivity index (χ0) is 24.4. The molecule has 3 aliphatic heterocycles. The fourth-order valence-electron chi connectivity index (χ4n) is 6.19. The number of hydrogen-bond acceptors (Lipinski definition) is 7. The number of anilines is 3. The molecule has 2 N–H and O–H groups in total. The summed E-state index contributed by atoms with van der Waals surface area (Å²) in [6, 6.07) is 10.6. The van der Waals surface area contributed by atoms with Gasteiger partial charge in [0.15, 0.2) is 0 Å². The van der Waals surface area contributed by atoms with Gasteiger partial charge in [0.05, 0.1) is 23.1 Å². The van der Waals surface area contributed by atoms with Crippen molar-refractivity contribution in [3.63, 3.8) is 0 Å². The number of amides is 1. The summed E-state index contributed by atoms with van der Waals surface area (Å²) in [5.74, 6) is 2.31. The van der Waals surface area contributed by atoms with Crippen LogP contribution in [0.3, 0.4) is 0 Å². The second-order valence-corrected chi connectivity index (χ2v) is 10.1. The van der Waals surface area contributed by atoms with Gasteiger partial charge in [-0.05, 0) is 43.7 Å². The molecule has 2 saturated heterocycles. The van der Waals surface area contributed by atoms with E-state index in [9.17, 15) is 4.79 Å². The predicted octanol–water partition coefficient (Wildman–Crippen LogP) is 3.16. The molecule has 0 radical (unpaired) electrons. The molecule has 2 atom stereocenters. The highest BCUT2D eigenvalue weighted by Gasteiger charge is 2.40. The molecular formula is C27H28N8O. The van der Waals surface area contributed by atoms with Crippen LogP contribution < -0.4 is 15.5 Å². The summed E-state index contributed by atoms with van der Waals surface area (Å²) in [5, 5.41) is 7.41. The first-order valence-corrected chi connectivity index (χ1v) is 12.5. The van der Waals surface area contributed by atoms with E-state index in [4.69, 9.17) is 9.97 Å². The van der Waals surface area contributed by atoms with Crippen LogP contribution in [0, 0.1) is 5.92 Å². The maximum absolute atomic E-state index is 12.9. The molecule has 4 aromatic heterocycles. The zero-order valence-corrected chi connectivity index (χ0v) is 20.4. The smallest absolute Gasteiger partial charge is 0.254 e. The standard InChI is InChI=1S/C27H28N8O/c1-33-14-16-7-11-35(21(16)15-33)23-5-3-4-22(32-23)31-20-13-29-25(19-12-30-27(36)24(19)20)17-6-9-28-26-18(17)8-10-34(26)2/h3-6,8-10,13,16,21H,7,11-12,14-15H2,1-2H3,(H,30,36)(H,31,32)/t16-,21+/m1/s1. The Labute approximate surface area is 209 Å². The molecule has 0 aromatic carbocycles. The molecule has 182 valence electrons. The molecule has 7 heterocycles. The highest BCUT2D eigenvalue weighted by Crippen LogP contribution is 2.37. The minimum atomic E-state index is -0.0953. The fourth-order valence-corrected chi connectivity index (χ4v) is 6.19. The van der Waals surface area contributed by atoms with Crippen LogP contribution >= 0.6 is 0 Å². The van der Waals surface area contributed by atoms with Crippen LogP contribution in [-0.2, 0) is 13.6 Å². The third-order valence-corrected chi connectivity index (χ3v) is 7.88. The summed E-state index contributed by atoms with van der Waals surface area (Å²) in [7, 11) is 4.17. The maximum atomic E-state index is 12.9. The number of hydrogen-bond donors (Lipinski definition) is 2. The highest BCUT2D eigenvalue weighted by atomic mass is 16.1. The normalized spacial score (nSPS) is 21.2. The van der Waals surface area contributed by atoms with Crippen molar-refractivity contribution in [2.45, 2.75) is 19.0 Å². The number of nitrogens with one attached hydrogen (secondary N) is 2. The van der Waals surface area contributed by atoms with Gasteiger partial charge in [-0.25, -0.2) is 9.97 Å². The number of aromatic nitrogens is 4. The van der Waals surface area contributed by atoms with Gasteiger partial charge in [-0.2, -0.15) is 0 Å². The lowest BCUT2D eigenvalue weighted by atomic mass is 10.0. The molecule has 7 rings (SSSR count). The first-order valence-electron chi connectivity index (χ1n) is 12.5. The SMILES string of the molecule is CN1C[C@H]2CCN(c3cccc(Nc4cnc(-c5ccnc6c5ccn6C)c5c4C(=O)NC5)n3)[C@H]2C1. The molecule has 3 aliphatic rings. The Morgan fingerprint density at radius 3 is 2.94 bits per heavy atom. The maximum Gasteiger partial charge on any atom is 0.254 e. The van der Waals surface area contributed by atoms with Crippen molar-refractivity contribution >= 4 is 34.3 Å². The van der Waals surface area contributed by atoms with Gasteiger partial charge in [0.25, 0.3) is 5.91 Å². The monoisotopic (exact) mass is 480 g/mol. The number of rotatable bonds is 4. The van der Waals surface area contributed by atoms with E-state index in [1.165, 1.54) is 6.42 Å². The molecule has 9 nitrogen and oxygen atoms in total. The average Bonchev–Trinajstić information content (AvgIpc) is 3.64. The fraction of sp³-hybridized carbons (Fsp3) is 0.333. The Balaban J connectivity index is 1.24. The first kappa shape index (κ1) is 21.3. The lowest BCUT2D eigenvalue weighted by Gasteiger charge is -2.25. The van der Waals surface area contributed by atoms with Crippen molar-refractivity contribution in [1.82, 2.24) is 29.7 Å². The molecule has 0 spiro atoms. The zero-order valence-electron chi connectivity index (χ0n) is 20.4. The van der Waals surface area contributed by atoms with E-state index in [2.05, 4.69) is 38.5 Å². The Bertz CT molecular complexity index is 1510. The van der Waals surface area contributed by atoms with Gasteiger partial charge < -0.3 is 25.0 Å². The number of fused-ring (bicyclic) bond motifs is 3. The minimum Gasteiger partial charge on any atom is -0.352 e. The van der Waals surface area contributed by atoms with Crippen LogP contribution in [0.15, 0.2) is 48.9 Å². The number of pyridine rings is 3. The van der Waals surface area contributed by atoms with E-state index in [1.54, 1.807) is 12.4 Å². The Kier molecular flexibility index (Phi) is 4.75. The Hall–Kier alpha value is -3.98. The Morgan fingerprint density at radius 2 is 2.03 bits per heavy atom.